The van der Waals surface area contributed by atoms with Gasteiger partial charge in [-0.3, -0.25) is 4.79 Å². The van der Waals surface area contributed by atoms with Gasteiger partial charge in [0, 0.05) is 13.1 Å². The van der Waals surface area contributed by atoms with E-state index in [2.05, 4.69) is 10.2 Å². The molecule has 3 aromatic rings. The van der Waals surface area contributed by atoms with E-state index in [1.807, 2.05) is 35.2 Å². The van der Waals surface area contributed by atoms with Gasteiger partial charge in [-0.05, 0) is 37.0 Å². The standard InChI is InChI=1S/C19H21N5O2S/c20-24-17(15-10-7-13-26-15)21-22-19(24)27-16(14-8-3-1-4-9-14)18(25)23-11-5-2-6-12-23/h1,3-4,7-10,13,16H,2,5-6,11-12,20H2/t16-/m0/s1. The molecule has 0 spiro atoms. The fraction of sp³-hybridized carbons (Fsp3) is 0.316. The quantitative estimate of drug-likeness (QED) is 0.538. The predicted octanol–water partition coefficient (Wildman–Crippen LogP) is 3.10. The van der Waals surface area contributed by atoms with E-state index in [0.29, 0.717) is 16.7 Å². The Hall–Kier alpha value is -2.74. The van der Waals surface area contributed by atoms with Crippen LogP contribution in [0, 0.1) is 0 Å². The summed E-state index contributed by atoms with van der Waals surface area (Å²) in [5.41, 5.74) is 0.931. The number of thioether (sulfide) groups is 1. The largest absolute Gasteiger partial charge is 0.461 e. The molecule has 7 nitrogen and oxygen atoms in total. The van der Waals surface area contributed by atoms with E-state index in [9.17, 15) is 4.79 Å². The number of hydrogen-bond donors (Lipinski definition) is 1. The Labute approximate surface area is 161 Å². The van der Waals surface area contributed by atoms with Gasteiger partial charge in [-0.2, -0.15) is 0 Å². The molecule has 8 heteroatoms. The Morgan fingerprint density at radius 2 is 1.85 bits per heavy atom. The molecule has 1 saturated heterocycles. The molecular weight excluding hydrogens is 362 g/mol. The number of rotatable bonds is 5. The first kappa shape index (κ1) is 17.7. The molecule has 2 aromatic heterocycles. The van der Waals surface area contributed by atoms with Crippen molar-refractivity contribution >= 4 is 17.7 Å². The van der Waals surface area contributed by atoms with E-state index >= 15 is 0 Å². The minimum atomic E-state index is -0.416. The number of carbonyl (C=O) groups excluding carboxylic acids is 1. The first-order valence-corrected chi connectivity index (χ1v) is 9.87. The highest BCUT2D eigenvalue weighted by Crippen LogP contribution is 2.37. The molecular formula is C19H21N5O2S. The molecule has 0 aliphatic carbocycles. The van der Waals surface area contributed by atoms with Gasteiger partial charge in [-0.15, -0.1) is 10.2 Å². The second-order valence-electron chi connectivity index (χ2n) is 6.45. The smallest absolute Gasteiger partial charge is 0.240 e. The minimum Gasteiger partial charge on any atom is -0.461 e. The molecule has 140 valence electrons. The van der Waals surface area contributed by atoms with Crippen LogP contribution in [0.15, 0.2) is 58.3 Å². The summed E-state index contributed by atoms with van der Waals surface area (Å²) in [6.45, 7) is 1.60. The summed E-state index contributed by atoms with van der Waals surface area (Å²) in [4.78, 5) is 15.2. The number of carbonyl (C=O) groups is 1. The van der Waals surface area contributed by atoms with Crippen molar-refractivity contribution in [1.29, 1.82) is 0 Å². The van der Waals surface area contributed by atoms with Crippen LogP contribution in [-0.4, -0.2) is 38.8 Å². The van der Waals surface area contributed by atoms with Crippen molar-refractivity contribution in [1.82, 2.24) is 19.8 Å². The molecule has 0 radical (unpaired) electrons. The molecule has 4 rings (SSSR count). The van der Waals surface area contributed by atoms with E-state index in [1.165, 1.54) is 22.9 Å². The lowest BCUT2D eigenvalue weighted by Crippen LogP contribution is -2.38. The average Bonchev–Trinajstić information content (AvgIpc) is 3.37. The molecule has 1 fully saturated rings. The number of benzene rings is 1. The topological polar surface area (TPSA) is 90.2 Å². The molecule has 3 heterocycles. The van der Waals surface area contributed by atoms with E-state index in [0.717, 1.165) is 31.5 Å². The van der Waals surface area contributed by atoms with Gasteiger partial charge in [0.1, 0.15) is 5.25 Å². The van der Waals surface area contributed by atoms with E-state index < -0.39 is 5.25 Å². The Morgan fingerprint density at radius 3 is 2.56 bits per heavy atom. The van der Waals surface area contributed by atoms with Crippen LogP contribution >= 0.6 is 11.8 Å². The van der Waals surface area contributed by atoms with Gasteiger partial charge in [0.25, 0.3) is 0 Å². The number of nitrogens with zero attached hydrogens (tertiary/aromatic N) is 4. The molecule has 27 heavy (non-hydrogen) atoms. The summed E-state index contributed by atoms with van der Waals surface area (Å²) in [7, 11) is 0. The van der Waals surface area contributed by atoms with Gasteiger partial charge < -0.3 is 15.2 Å². The molecule has 0 bridgehead atoms. The van der Waals surface area contributed by atoms with Gasteiger partial charge in [0.2, 0.25) is 16.9 Å². The molecule has 1 aliphatic rings. The Kier molecular flexibility index (Phi) is 5.15. The summed E-state index contributed by atoms with van der Waals surface area (Å²) in [6, 6.07) is 13.3. The van der Waals surface area contributed by atoms with Crippen LogP contribution in [0.25, 0.3) is 11.6 Å². The lowest BCUT2D eigenvalue weighted by atomic mass is 10.1. The van der Waals surface area contributed by atoms with Crippen molar-refractivity contribution in [2.45, 2.75) is 29.7 Å². The van der Waals surface area contributed by atoms with Crippen molar-refractivity contribution in [3.8, 4) is 11.6 Å². The number of aromatic nitrogens is 3. The third-order valence-corrected chi connectivity index (χ3v) is 5.82. The minimum absolute atomic E-state index is 0.0912. The normalized spacial score (nSPS) is 15.6. The number of amides is 1. The fourth-order valence-corrected chi connectivity index (χ4v) is 4.25. The molecule has 1 aliphatic heterocycles. The Balaban J connectivity index is 1.63. The third-order valence-electron chi connectivity index (χ3n) is 4.62. The zero-order valence-corrected chi connectivity index (χ0v) is 15.6. The molecule has 2 N–H and O–H groups in total. The van der Waals surface area contributed by atoms with Crippen LogP contribution in [0.3, 0.4) is 0 Å². The van der Waals surface area contributed by atoms with Gasteiger partial charge in [0.05, 0.1) is 6.26 Å². The van der Waals surface area contributed by atoms with E-state index in [1.54, 1.807) is 18.4 Å². The number of nitrogens with two attached hydrogens (primary N) is 1. The molecule has 0 saturated carbocycles. The van der Waals surface area contributed by atoms with Crippen molar-refractivity contribution < 1.29 is 9.21 Å². The highest BCUT2D eigenvalue weighted by Gasteiger charge is 2.30. The summed E-state index contributed by atoms with van der Waals surface area (Å²) >= 11 is 1.32. The summed E-state index contributed by atoms with van der Waals surface area (Å²) < 4.78 is 6.74. The van der Waals surface area contributed by atoms with E-state index in [4.69, 9.17) is 10.3 Å². The molecule has 1 amide bonds. The van der Waals surface area contributed by atoms with Crippen LogP contribution in [0.1, 0.15) is 30.1 Å². The zero-order valence-electron chi connectivity index (χ0n) is 14.8. The highest BCUT2D eigenvalue weighted by molar-refractivity contribution is 8.00. The second kappa shape index (κ2) is 7.87. The van der Waals surface area contributed by atoms with Crippen molar-refractivity contribution in [2.75, 3.05) is 18.9 Å². The molecule has 1 atom stereocenters. The molecule has 1 aromatic carbocycles. The maximum atomic E-state index is 13.2. The van der Waals surface area contributed by atoms with Crippen molar-refractivity contribution in [3.05, 3.63) is 54.3 Å². The van der Waals surface area contributed by atoms with Crippen LogP contribution in [-0.2, 0) is 4.79 Å². The van der Waals surface area contributed by atoms with Gasteiger partial charge in [-0.25, -0.2) is 4.68 Å². The lowest BCUT2D eigenvalue weighted by Gasteiger charge is -2.30. The monoisotopic (exact) mass is 383 g/mol. The highest BCUT2D eigenvalue weighted by atomic mass is 32.2. The lowest BCUT2D eigenvalue weighted by molar-refractivity contribution is -0.131. The SMILES string of the molecule is Nn1c(S[C@H](C(=O)N2CCCCC2)c2ccccc2)nnc1-c1ccco1. The average molecular weight is 383 g/mol. The second-order valence-corrected chi connectivity index (χ2v) is 7.52. The van der Waals surface area contributed by atoms with Crippen molar-refractivity contribution in [3.63, 3.8) is 0 Å². The van der Waals surface area contributed by atoms with Crippen LogP contribution < -0.4 is 5.84 Å². The summed E-state index contributed by atoms with van der Waals surface area (Å²) in [6.07, 6.45) is 4.83. The van der Waals surface area contributed by atoms with Crippen LogP contribution in [0.4, 0.5) is 0 Å². The maximum Gasteiger partial charge on any atom is 0.240 e. The number of nitrogen functional groups attached to an aromatic ring is 1. The van der Waals surface area contributed by atoms with Gasteiger partial charge in [-0.1, -0.05) is 42.1 Å². The summed E-state index contributed by atoms with van der Waals surface area (Å²) in [5, 5.41) is 8.37. The number of hydrogen-bond acceptors (Lipinski definition) is 6. The Morgan fingerprint density at radius 1 is 1.07 bits per heavy atom. The number of furan rings is 1. The van der Waals surface area contributed by atoms with Gasteiger partial charge in [0.15, 0.2) is 5.76 Å². The predicted molar refractivity (Wildman–Crippen MR) is 103 cm³/mol. The zero-order chi connectivity index (χ0) is 18.6. The first-order chi connectivity index (χ1) is 13.2. The summed E-state index contributed by atoms with van der Waals surface area (Å²) in [5.74, 6) is 7.24. The number of likely N-dealkylation sites (tertiary alicyclic amines) is 1. The fourth-order valence-electron chi connectivity index (χ4n) is 3.21. The van der Waals surface area contributed by atoms with Crippen LogP contribution in [0.2, 0.25) is 0 Å². The Bertz CT molecular complexity index is 888. The third kappa shape index (κ3) is 3.71. The number of piperidine rings is 1. The van der Waals surface area contributed by atoms with Gasteiger partial charge >= 0.3 is 0 Å². The van der Waals surface area contributed by atoms with Crippen LogP contribution in [0.5, 0.6) is 0 Å². The van der Waals surface area contributed by atoms with E-state index in [-0.39, 0.29) is 5.91 Å². The first-order valence-electron chi connectivity index (χ1n) is 8.99. The maximum absolute atomic E-state index is 13.2. The molecule has 0 unspecified atom stereocenters. The van der Waals surface area contributed by atoms with Crippen molar-refractivity contribution in [2.24, 2.45) is 0 Å².